The zero-order valence-corrected chi connectivity index (χ0v) is 20.3. The van der Waals surface area contributed by atoms with Crippen molar-refractivity contribution in [3.63, 3.8) is 0 Å². The third-order valence-corrected chi connectivity index (χ3v) is 5.63. The second kappa shape index (κ2) is 11.1. The molecule has 3 heterocycles. The molecule has 1 fully saturated rings. The summed E-state index contributed by atoms with van der Waals surface area (Å²) in [5.74, 6) is -2.83. The third kappa shape index (κ3) is 6.55. The van der Waals surface area contributed by atoms with Gasteiger partial charge < -0.3 is 39.7 Å². The summed E-state index contributed by atoms with van der Waals surface area (Å²) >= 11 is 0. The number of carboxylic acid groups (broad SMARTS) is 1. The van der Waals surface area contributed by atoms with Crippen molar-refractivity contribution in [3.05, 3.63) is 58.9 Å². The van der Waals surface area contributed by atoms with Crippen LogP contribution in [-0.4, -0.2) is 69.3 Å². The number of hydrogen-bond acceptors (Lipinski definition) is 7. The molecule has 12 nitrogen and oxygen atoms in total. The number of methoxy groups -OCH3 is 1. The molecular formula is C24H28N5O7-. The Morgan fingerprint density at radius 3 is 2.58 bits per heavy atom. The van der Waals surface area contributed by atoms with Gasteiger partial charge in [-0.2, -0.15) is 0 Å². The van der Waals surface area contributed by atoms with Crippen LogP contribution >= 0.6 is 0 Å². The molecule has 192 valence electrons. The van der Waals surface area contributed by atoms with Gasteiger partial charge in [0.05, 0.1) is 6.10 Å². The molecule has 1 aliphatic heterocycles. The summed E-state index contributed by atoms with van der Waals surface area (Å²) in [5, 5.41) is 12.4. The summed E-state index contributed by atoms with van der Waals surface area (Å²) in [4.78, 5) is 59.2. The smallest absolute Gasteiger partial charge is 0.341 e. The third-order valence-electron chi connectivity index (χ3n) is 5.63. The van der Waals surface area contributed by atoms with E-state index in [1.165, 1.54) is 31.3 Å². The summed E-state index contributed by atoms with van der Waals surface area (Å²) in [6, 6.07) is 5.25. The lowest BCUT2D eigenvalue weighted by Gasteiger charge is -2.27. The normalized spacial score (nSPS) is 17.4. The lowest BCUT2D eigenvalue weighted by Crippen LogP contribution is -2.42. The number of imidazole rings is 1. The van der Waals surface area contributed by atoms with E-state index in [1.54, 1.807) is 44.4 Å². The van der Waals surface area contributed by atoms with Gasteiger partial charge >= 0.3 is 5.97 Å². The van der Waals surface area contributed by atoms with Gasteiger partial charge in [-0.3, -0.25) is 14.4 Å². The van der Waals surface area contributed by atoms with Crippen LogP contribution in [0.15, 0.2) is 47.8 Å². The van der Waals surface area contributed by atoms with Crippen LogP contribution in [0.1, 0.15) is 37.6 Å². The van der Waals surface area contributed by atoms with Crippen molar-refractivity contribution in [2.24, 2.45) is 0 Å². The predicted molar refractivity (Wildman–Crippen MR) is 129 cm³/mol. The van der Waals surface area contributed by atoms with Crippen LogP contribution in [0.5, 0.6) is 0 Å². The zero-order valence-electron chi connectivity index (χ0n) is 20.3. The van der Waals surface area contributed by atoms with Crippen molar-refractivity contribution in [1.29, 1.82) is 0 Å². The summed E-state index contributed by atoms with van der Waals surface area (Å²) < 4.78 is 11.1. The van der Waals surface area contributed by atoms with Gasteiger partial charge in [0, 0.05) is 43.6 Å². The molecule has 1 saturated heterocycles. The lowest BCUT2D eigenvalue weighted by atomic mass is 10.1. The van der Waals surface area contributed by atoms with Gasteiger partial charge in [-0.1, -0.05) is 18.7 Å². The van der Waals surface area contributed by atoms with E-state index in [2.05, 4.69) is 20.3 Å². The van der Waals surface area contributed by atoms with E-state index in [-0.39, 0.29) is 18.6 Å². The van der Waals surface area contributed by atoms with E-state index in [4.69, 9.17) is 14.6 Å². The molecule has 4 rings (SSSR count). The van der Waals surface area contributed by atoms with Crippen molar-refractivity contribution < 1.29 is 29.0 Å². The van der Waals surface area contributed by atoms with Gasteiger partial charge in [-0.05, 0) is 38.1 Å². The predicted octanol–water partition coefficient (Wildman–Crippen LogP) is 1.59. The second-order valence-corrected chi connectivity index (χ2v) is 8.59. The van der Waals surface area contributed by atoms with Gasteiger partial charge in [-0.15, -0.1) is 0 Å². The molecule has 0 radical (unpaired) electrons. The second-order valence-electron chi connectivity index (χ2n) is 8.59. The summed E-state index contributed by atoms with van der Waals surface area (Å²) in [5.41, 5.74) is -0.249. The van der Waals surface area contributed by atoms with Gasteiger partial charge in [0.25, 0.3) is 5.56 Å². The molecule has 2 atom stereocenters. The number of pyridine rings is 1. The molecule has 2 aromatic heterocycles. The number of carboxylic acids is 1. The number of anilines is 1. The molecule has 0 spiro atoms. The van der Waals surface area contributed by atoms with Crippen LogP contribution in [0.25, 0.3) is 10.9 Å². The minimum atomic E-state index is -1.34. The quantitative estimate of drug-likeness (QED) is 0.428. The number of carbonyl (C=O) groups is 3. The molecule has 12 heteroatoms. The topological polar surface area (TPSA) is 165 Å². The highest BCUT2D eigenvalue weighted by Crippen LogP contribution is 2.26. The number of fused-ring (bicyclic) bond motifs is 1. The number of likely N-dealkylation sites (tertiary alicyclic amines) is 1. The van der Waals surface area contributed by atoms with E-state index in [0.717, 1.165) is 0 Å². The molecule has 36 heavy (non-hydrogen) atoms. The van der Waals surface area contributed by atoms with Crippen LogP contribution in [0.4, 0.5) is 5.69 Å². The fourth-order valence-electron chi connectivity index (χ4n) is 3.79. The first-order valence-electron chi connectivity index (χ1n) is 11.1. The Hall–Kier alpha value is -4.03. The maximum atomic E-state index is 12.9. The molecule has 3 aromatic rings. The maximum absolute atomic E-state index is 12.9. The van der Waals surface area contributed by atoms with Crippen LogP contribution < -0.4 is 15.9 Å². The highest BCUT2D eigenvalue weighted by molar-refractivity contribution is 5.99. The summed E-state index contributed by atoms with van der Waals surface area (Å²) in [6.07, 6.45) is 4.72. The molecule has 0 saturated carbocycles. The van der Waals surface area contributed by atoms with Crippen molar-refractivity contribution in [1.82, 2.24) is 19.9 Å². The Labute approximate surface area is 206 Å². The molecule has 0 aliphatic carbocycles. The Bertz CT molecular complexity index is 1270. The van der Waals surface area contributed by atoms with Crippen molar-refractivity contribution in [2.45, 2.75) is 45.1 Å². The average molecular weight is 499 g/mol. The van der Waals surface area contributed by atoms with Crippen LogP contribution in [0, 0.1) is 0 Å². The first-order valence-corrected chi connectivity index (χ1v) is 11.1. The standard InChI is InChI=1S/C21H25N3O7.C3H3N2/c1-11(25)24-10-14(31-21(2,3)30-4)9-17(24)19(27)22-13-5-6-16-12(7-13)8-15(20(28)29)18(26)23-16;1-2-5-3-4-1/h5-8,14,17H,9-10H2,1-4H3,(H,22,27)(H,23,26)(H,28,29);1-3H/q;-1. The lowest BCUT2D eigenvalue weighted by molar-refractivity contribution is -0.220. The number of amides is 2. The van der Waals surface area contributed by atoms with Crippen LogP contribution in [0.2, 0.25) is 0 Å². The molecule has 3 N–H and O–H groups in total. The Kier molecular flexibility index (Phi) is 8.22. The number of aromatic nitrogens is 3. The number of rotatable bonds is 6. The number of aromatic carboxylic acids is 1. The number of ether oxygens (including phenoxy) is 2. The Morgan fingerprint density at radius 1 is 1.28 bits per heavy atom. The minimum absolute atomic E-state index is 0.247. The van der Waals surface area contributed by atoms with E-state index in [1.807, 2.05) is 0 Å². The number of aromatic amines is 1. The molecule has 1 aromatic carbocycles. The summed E-state index contributed by atoms with van der Waals surface area (Å²) in [7, 11) is 1.52. The number of H-pyrrole nitrogens is 1. The maximum Gasteiger partial charge on any atom is 0.341 e. The number of hydrogen-bond donors (Lipinski definition) is 3. The average Bonchev–Trinajstić information content (AvgIpc) is 3.52. The first-order chi connectivity index (χ1) is 17.0. The molecule has 2 amide bonds. The van der Waals surface area contributed by atoms with E-state index in [9.17, 15) is 19.2 Å². The molecule has 0 bridgehead atoms. The number of benzene rings is 1. The Morgan fingerprint density at radius 2 is 2.03 bits per heavy atom. The highest BCUT2D eigenvalue weighted by Gasteiger charge is 2.41. The van der Waals surface area contributed by atoms with Gasteiger partial charge in [-0.25, -0.2) is 4.79 Å². The minimum Gasteiger partial charge on any atom is -0.477 e. The first kappa shape index (κ1) is 26.6. The number of nitrogens with one attached hydrogen (secondary N) is 2. The fourth-order valence-corrected chi connectivity index (χ4v) is 3.79. The van der Waals surface area contributed by atoms with Gasteiger partial charge in [0.2, 0.25) is 11.8 Å². The van der Waals surface area contributed by atoms with Crippen LogP contribution in [0.3, 0.4) is 0 Å². The van der Waals surface area contributed by atoms with E-state index >= 15 is 0 Å². The van der Waals surface area contributed by atoms with E-state index < -0.39 is 34.8 Å². The molecule has 1 aliphatic rings. The van der Waals surface area contributed by atoms with Crippen molar-refractivity contribution >= 4 is 34.4 Å². The molecular weight excluding hydrogens is 470 g/mol. The van der Waals surface area contributed by atoms with Crippen LogP contribution in [-0.2, 0) is 19.1 Å². The Balaban J connectivity index is 0.000000642. The number of nitrogens with zero attached hydrogens (tertiary/aromatic N) is 3. The monoisotopic (exact) mass is 498 g/mol. The largest absolute Gasteiger partial charge is 0.477 e. The zero-order chi connectivity index (χ0) is 26.5. The van der Waals surface area contributed by atoms with Crippen molar-refractivity contribution in [2.75, 3.05) is 19.0 Å². The van der Waals surface area contributed by atoms with E-state index in [0.29, 0.717) is 23.0 Å². The summed E-state index contributed by atoms with van der Waals surface area (Å²) in [6.45, 7) is 5.16. The van der Waals surface area contributed by atoms with Gasteiger partial charge in [0.15, 0.2) is 5.79 Å². The fraction of sp³-hybridized carbons (Fsp3) is 0.375. The highest BCUT2D eigenvalue weighted by atomic mass is 16.7. The SMILES string of the molecule is COC(C)(C)OC1CC(C(=O)Nc2ccc3[nH]c(=O)c(C(=O)O)cc3c2)N(C(C)=O)C1.c1c[n-]cn1. The molecule has 2 unspecified atom stereocenters. The number of carbonyl (C=O) groups excluding carboxylic acids is 2. The van der Waals surface area contributed by atoms with Gasteiger partial charge in [0.1, 0.15) is 11.6 Å². The van der Waals surface area contributed by atoms with Crippen molar-refractivity contribution in [3.8, 4) is 0 Å².